The van der Waals surface area contributed by atoms with Crippen LogP contribution in [-0.2, 0) is 27.8 Å². The molecule has 0 saturated carbocycles. The zero-order valence-corrected chi connectivity index (χ0v) is 21.5. The van der Waals surface area contributed by atoms with E-state index in [2.05, 4.69) is 37.6 Å². The maximum atomic E-state index is 12.2. The lowest BCUT2D eigenvalue weighted by atomic mass is 10.1. The van der Waals surface area contributed by atoms with Gasteiger partial charge in [0.25, 0.3) is 0 Å². The van der Waals surface area contributed by atoms with E-state index in [0.717, 1.165) is 30.4 Å². The van der Waals surface area contributed by atoms with Crippen LogP contribution < -0.4 is 15.4 Å². The van der Waals surface area contributed by atoms with Gasteiger partial charge in [0.2, 0.25) is 10.0 Å². The first kappa shape index (κ1) is 26.6. The Morgan fingerprint density at radius 3 is 2.72 bits per heavy atom. The summed E-state index contributed by atoms with van der Waals surface area (Å²) in [5, 5.41) is 10.6. The minimum Gasteiger partial charge on any atom is -0.377 e. The Bertz CT molecular complexity index is 931. The van der Waals surface area contributed by atoms with E-state index in [4.69, 9.17) is 4.74 Å². The van der Waals surface area contributed by atoms with E-state index >= 15 is 0 Å². The van der Waals surface area contributed by atoms with Crippen molar-refractivity contribution in [3.8, 4) is 0 Å². The number of guanidine groups is 1. The number of hydrogen-bond acceptors (Lipinski definition) is 5. The maximum absolute atomic E-state index is 12.2. The van der Waals surface area contributed by atoms with Crippen LogP contribution in [0.4, 0.5) is 0 Å². The number of aromatic nitrogens is 2. The van der Waals surface area contributed by atoms with Crippen molar-refractivity contribution in [2.75, 3.05) is 32.5 Å². The molecular weight excluding hydrogens is 543 g/mol. The summed E-state index contributed by atoms with van der Waals surface area (Å²) in [4.78, 5) is 4.19. The van der Waals surface area contributed by atoms with Gasteiger partial charge in [0.15, 0.2) is 5.96 Å². The maximum Gasteiger partial charge on any atom is 0.213 e. The molecule has 1 aromatic heterocycles. The van der Waals surface area contributed by atoms with E-state index in [-0.39, 0.29) is 42.4 Å². The van der Waals surface area contributed by atoms with E-state index in [0.29, 0.717) is 32.2 Å². The third kappa shape index (κ3) is 9.04. The van der Waals surface area contributed by atoms with Crippen LogP contribution in [0.15, 0.2) is 47.7 Å². The topological polar surface area (TPSA) is 110 Å². The Hall–Kier alpha value is -1.70. The van der Waals surface area contributed by atoms with Gasteiger partial charge in [-0.2, -0.15) is 5.10 Å². The number of aliphatic imine (C=N–C) groups is 1. The van der Waals surface area contributed by atoms with Crippen molar-refractivity contribution in [3.05, 3.63) is 53.9 Å². The number of ether oxygens (including phenoxy) is 1. The fourth-order valence-electron chi connectivity index (χ4n) is 3.42. The summed E-state index contributed by atoms with van der Waals surface area (Å²) >= 11 is 0. The number of halogens is 1. The highest BCUT2D eigenvalue weighted by Gasteiger charge is 2.17. The number of benzene rings is 1. The van der Waals surface area contributed by atoms with Crippen LogP contribution in [0.1, 0.15) is 30.4 Å². The van der Waals surface area contributed by atoms with Gasteiger partial charge in [0, 0.05) is 45.7 Å². The summed E-state index contributed by atoms with van der Waals surface area (Å²) in [6.45, 7) is 2.56. The second-order valence-electron chi connectivity index (χ2n) is 7.48. The number of sulfonamides is 1. The molecular formula is C21H33IN6O3S. The minimum absolute atomic E-state index is 0. The Morgan fingerprint density at radius 2 is 2.03 bits per heavy atom. The SMILES string of the molecule is CN=C(NCCS(=O)(=O)NCC1CCCCO1)NCc1ccccc1Cn1cccn1.I. The first-order chi connectivity index (χ1) is 15.1. The minimum atomic E-state index is -3.37. The van der Waals surface area contributed by atoms with Gasteiger partial charge in [0.05, 0.1) is 18.4 Å². The van der Waals surface area contributed by atoms with Crippen molar-refractivity contribution in [2.45, 2.75) is 38.5 Å². The number of nitrogens with one attached hydrogen (secondary N) is 3. The van der Waals surface area contributed by atoms with E-state index < -0.39 is 10.0 Å². The lowest BCUT2D eigenvalue weighted by Crippen LogP contribution is -2.42. The third-order valence-electron chi connectivity index (χ3n) is 5.15. The third-order valence-corrected chi connectivity index (χ3v) is 6.50. The van der Waals surface area contributed by atoms with Gasteiger partial charge in [-0.1, -0.05) is 24.3 Å². The molecule has 32 heavy (non-hydrogen) atoms. The Morgan fingerprint density at radius 1 is 1.22 bits per heavy atom. The molecule has 1 aliphatic heterocycles. The van der Waals surface area contributed by atoms with Gasteiger partial charge in [0.1, 0.15) is 0 Å². The summed E-state index contributed by atoms with van der Waals surface area (Å²) in [5.74, 6) is 0.524. The van der Waals surface area contributed by atoms with Crippen molar-refractivity contribution in [1.82, 2.24) is 25.1 Å². The molecule has 1 aliphatic rings. The summed E-state index contributed by atoms with van der Waals surface area (Å²) < 4.78 is 34.6. The molecule has 1 fully saturated rings. The molecule has 1 aromatic carbocycles. The highest BCUT2D eigenvalue weighted by molar-refractivity contribution is 14.0. The van der Waals surface area contributed by atoms with Crippen LogP contribution in [0.25, 0.3) is 0 Å². The molecule has 2 heterocycles. The predicted octanol–water partition coefficient (Wildman–Crippen LogP) is 1.70. The fraction of sp³-hybridized carbons (Fsp3) is 0.524. The Labute approximate surface area is 207 Å². The molecule has 0 radical (unpaired) electrons. The first-order valence-corrected chi connectivity index (χ1v) is 12.3. The molecule has 0 bridgehead atoms. The molecule has 0 amide bonds. The van der Waals surface area contributed by atoms with Gasteiger partial charge < -0.3 is 15.4 Å². The van der Waals surface area contributed by atoms with Gasteiger partial charge in [-0.15, -0.1) is 24.0 Å². The first-order valence-electron chi connectivity index (χ1n) is 10.6. The zero-order valence-electron chi connectivity index (χ0n) is 18.4. The second-order valence-corrected chi connectivity index (χ2v) is 9.41. The number of hydrogen-bond donors (Lipinski definition) is 3. The van der Waals surface area contributed by atoms with Crippen LogP contribution in [0.5, 0.6) is 0 Å². The average molecular weight is 577 g/mol. The van der Waals surface area contributed by atoms with E-state index in [1.165, 1.54) is 0 Å². The fourth-order valence-corrected chi connectivity index (χ4v) is 4.37. The van der Waals surface area contributed by atoms with Gasteiger partial charge >= 0.3 is 0 Å². The smallest absolute Gasteiger partial charge is 0.213 e. The van der Waals surface area contributed by atoms with Crippen LogP contribution >= 0.6 is 24.0 Å². The van der Waals surface area contributed by atoms with Gasteiger partial charge in [-0.25, -0.2) is 13.1 Å². The summed E-state index contributed by atoms with van der Waals surface area (Å²) in [6, 6.07) is 10.0. The largest absolute Gasteiger partial charge is 0.377 e. The molecule has 0 spiro atoms. The molecule has 1 atom stereocenters. The van der Waals surface area contributed by atoms with Gasteiger partial charge in [-0.3, -0.25) is 9.67 Å². The monoisotopic (exact) mass is 576 g/mol. The molecule has 3 N–H and O–H groups in total. The molecule has 9 nitrogen and oxygen atoms in total. The number of nitrogens with zero attached hydrogens (tertiary/aromatic N) is 3. The normalized spacial score (nSPS) is 16.9. The molecule has 1 unspecified atom stereocenters. The Kier molecular flexibility index (Phi) is 11.4. The van der Waals surface area contributed by atoms with Crippen molar-refractivity contribution in [2.24, 2.45) is 4.99 Å². The molecule has 11 heteroatoms. The van der Waals surface area contributed by atoms with Crippen molar-refractivity contribution in [3.63, 3.8) is 0 Å². The predicted molar refractivity (Wildman–Crippen MR) is 137 cm³/mol. The second kappa shape index (κ2) is 13.8. The molecule has 2 aromatic rings. The highest BCUT2D eigenvalue weighted by atomic mass is 127. The highest BCUT2D eigenvalue weighted by Crippen LogP contribution is 2.12. The molecule has 1 saturated heterocycles. The van der Waals surface area contributed by atoms with E-state index in [1.54, 1.807) is 13.2 Å². The zero-order chi connectivity index (χ0) is 21.9. The lowest BCUT2D eigenvalue weighted by molar-refractivity contribution is 0.0200. The standard InChI is InChI=1S/C21H32N6O3S.HI/c1-22-21(23-11-14-31(28,29)26-16-20-9-4-5-13-30-20)24-15-18-7-2-3-8-19(18)17-27-12-6-10-25-27;/h2-3,6-8,10,12,20,26H,4-5,9,11,13-17H2,1H3,(H2,22,23,24);1H. The Balaban J connectivity index is 0.00000363. The van der Waals surface area contributed by atoms with Gasteiger partial charge in [-0.05, 0) is 36.5 Å². The van der Waals surface area contributed by atoms with E-state index in [9.17, 15) is 8.42 Å². The number of rotatable bonds is 10. The summed E-state index contributed by atoms with van der Waals surface area (Å²) in [5.41, 5.74) is 2.29. The van der Waals surface area contributed by atoms with Crippen molar-refractivity contribution < 1.29 is 13.2 Å². The molecule has 178 valence electrons. The van der Waals surface area contributed by atoms with Crippen molar-refractivity contribution >= 4 is 40.0 Å². The average Bonchev–Trinajstić information content (AvgIpc) is 3.29. The van der Waals surface area contributed by atoms with Crippen LogP contribution in [0, 0.1) is 0 Å². The van der Waals surface area contributed by atoms with Crippen LogP contribution in [0.3, 0.4) is 0 Å². The molecule has 0 aliphatic carbocycles. The summed E-state index contributed by atoms with van der Waals surface area (Å²) in [6.07, 6.45) is 6.71. The quantitative estimate of drug-likeness (QED) is 0.226. The molecule has 3 rings (SSSR count). The van der Waals surface area contributed by atoms with Crippen LogP contribution in [0.2, 0.25) is 0 Å². The summed E-state index contributed by atoms with van der Waals surface area (Å²) in [7, 11) is -1.71. The van der Waals surface area contributed by atoms with E-state index in [1.807, 2.05) is 29.1 Å². The van der Waals surface area contributed by atoms with Crippen molar-refractivity contribution in [1.29, 1.82) is 0 Å². The van der Waals surface area contributed by atoms with Crippen LogP contribution in [-0.4, -0.2) is 62.8 Å². The lowest BCUT2D eigenvalue weighted by Gasteiger charge is -2.22.